The number of benzene rings is 1. The van der Waals surface area contributed by atoms with Gasteiger partial charge in [0.2, 0.25) is 0 Å². The lowest BCUT2D eigenvalue weighted by molar-refractivity contribution is -0.140. The van der Waals surface area contributed by atoms with Crippen LogP contribution in [0, 0.1) is 0 Å². The zero-order chi connectivity index (χ0) is 13.6. The molecule has 1 aliphatic carbocycles. The number of fused-ring (bicyclic) bond motifs is 1. The van der Waals surface area contributed by atoms with Gasteiger partial charge in [0, 0.05) is 16.7 Å². The van der Waals surface area contributed by atoms with Crippen molar-refractivity contribution >= 4 is 17.5 Å². The first-order valence-corrected chi connectivity index (χ1v) is 5.85. The molecule has 96 valence electrons. The number of hydrogen-bond acceptors (Lipinski definition) is 5. The summed E-state index contributed by atoms with van der Waals surface area (Å²) in [5, 5.41) is 9.71. The van der Waals surface area contributed by atoms with Crippen LogP contribution in [0.3, 0.4) is 0 Å². The summed E-state index contributed by atoms with van der Waals surface area (Å²) in [6, 6.07) is 6.45. The van der Waals surface area contributed by atoms with Gasteiger partial charge in [0.15, 0.2) is 17.7 Å². The Morgan fingerprint density at radius 2 is 1.79 bits per heavy atom. The Bertz CT molecular complexity index is 628. The second kappa shape index (κ2) is 4.13. The van der Waals surface area contributed by atoms with E-state index in [1.54, 1.807) is 24.3 Å². The van der Waals surface area contributed by atoms with Gasteiger partial charge in [-0.3, -0.25) is 14.4 Å². The van der Waals surface area contributed by atoms with Crippen molar-refractivity contribution in [2.45, 2.75) is 18.6 Å². The Morgan fingerprint density at radius 1 is 1.11 bits per heavy atom. The van der Waals surface area contributed by atoms with Crippen molar-refractivity contribution in [3.63, 3.8) is 0 Å². The molecule has 3 rings (SSSR count). The van der Waals surface area contributed by atoms with Gasteiger partial charge in [-0.25, -0.2) is 0 Å². The number of carbonyl (C=O) groups is 3. The SMILES string of the molecule is O=C1C[C@@H](O)[C@@H](C2=CC(=O)c3ccccc3C2=O)O1. The first-order valence-electron chi connectivity index (χ1n) is 5.85. The van der Waals surface area contributed by atoms with Crippen LogP contribution in [-0.2, 0) is 9.53 Å². The van der Waals surface area contributed by atoms with Crippen molar-refractivity contribution in [3.05, 3.63) is 47.0 Å². The van der Waals surface area contributed by atoms with E-state index >= 15 is 0 Å². The predicted molar refractivity (Wildman–Crippen MR) is 63.7 cm³/mol. The van der Waals surface area contributed by atoms with Gasteiger partial charge in [-0.1, -0.05) is 24.3 Å². The number of allylic oxidation sites excluding steroid dienone is 1. The number of aliphatic hydroxyl groups excluding tert-OH is 1. The standard InChI is InChI=1S/C14H10O5/c15-10-5-9(14-11(16)6-12(17)19-14)13(18)8-4-2-1-3-7(8)10/h1-5,11,14,16H,6H2/t11-,14-/m1/s1. The molecule has 5 heteroatoms. The average Bonchev–Trinajstić information content (AvgIpc) is 2.73. The quantitative estimate of drug-likeness (QED) is 0.749. The van der Waals surface area contributed by atoms with Gasteiger partial charge in [-0.05, 0) is 6.08 Å². The third-order valence-electron chi connectivity index (χ3n) is 3.28. The largest absolute Gasteiger partial charge is 0.454 e. The third kappa shape index (κ3) is 1.79. The number of ether oxygens (including phenoxy) is 1. The fourth-order valence-electron chi connectivity index (χ4n) is 2.36. The molecule has 0 unspecified atom stereocenters. The van der Waals surface area contributed by atoms with Crippen LogP contribution in [0.15, 0.2) is 35.9 Å². The molecule has 1 aromatic rings. The molecular formula is C14H10O5. The molecule has 0 bridgehead atoms. The van der Waals surface area contributed by atoms with Crippen LogP contribution in [0.5, 0.6) is 0 Å². The first kappa shape index (κ1) is 11.8. The van der Waals surface area contributed by atoms with E-state index in [1.807, 2.05) is 0 Å². The molecule has 0 aromatic heterocycles. The minimum absolute atomic E-state index is 0.0436. The number of rotatable bonds is 1. The number of Topliss-reactive ketones (excluding diaryl/α,β-unsaturated/α-hetero) is 1. The second-order valence-corrected chi connectivity index (χ2v) is 4.52. The maximum absolute atomic E-state index is 12.3. The monoisotopic (exact) mass is 258 g/mol. The lowest BCUT2D eigenvalue weighted by Gasteiger charge is -2.20. The highest BCUT2D eigenvalue weighted by Gasteiger charge is 2.41. The van der Waals surface area contributed by atoms with E-state index in [0.717, 1.165) is 6.08 Å². The zero-order valence-corrected chi connectivity index (χ0v) is 9.83. The normalized spacial score (nSPS) is 25.9. The van der Waals surface area contributed by atoms with Crippen LogP contribution in [-0.4, -0.2) is 34.9 Å². The third-order valence-corrected chi connectivity index (χ3v) is 3.28. The highest BCUT2D eigenvalue weighted by Crippen LogP contribution is 2.29. The van der Waals surface area contributed by atoms with Crippen molar-refractivity contribution in [2.75, 3.05) is 0 Å². The minimum Gasteiger partial charge on any atom is -0.454 e. The van der Waals surface area contributed by atoms with Gasteiger partial charge < -0.3 is 9.84 Å². The number of ketones is 2. The van der Waals surface area contributed by atoms with Crippen molar-refractivity contribution in [2.24, 2.45) is 0 Å². The topological polar surface area (TPSA) is 80.7 Å². The Labute approximate surface area is 108 Å². The number of hydrogen-bond donors (Lipinski definition) is 1. The summed E-state index contributed by atoms with van der Waals surface area (Å²) in [5.41, 5.74) is 0.650. The lowest BCUT2D eigenvalue weighted by Crippen LogP contribution is -2.31. The number of carbonyl (C=O) groups excluding carboxylic acids is 3. The molecule has 0 spiro atoms. The summed E-state index contributed by atoms with van der Waals surface area (Å²) in [6.07, 6.45) is -1.14. The van der Waals surface area contributed by atoms with E-state index in [2.05, 4.69) is 0 Å². The molecule has 5 nitrogen and oxygen atoms in total. The molecule has 0 amide bonds. The molecular weight excluding hydrogens is 248 g/mol. The number of esters is 1. The van der Waals surface area contributed by atoms with Crippen molar-refractivity contribution in [1.29, 1.82) is 0 Å². The fourth-order valence-corrected chi connectivity index (χ4v) is 2.36. The molecule has 1 saturated heterocycles. The smallest absolute Gasteiger partial charge is 0.309 e. The van der Waals surface area contributed by atoms with E-state index in [-0.39, 0.29) is 29.1 Å². The molecule has 1 aromatic carbocycles. The highest BCUT2D eigenvalue weighted by molar-refractivity contribution is 6.25. The maximum atomic E-state index is 12.3. The Hall–Kier alpha value is -2.27. The van der Waals surface area contributed by atoms with E-state index in [9.17, 15) is 19.5 Å². The van der Waals surface area contributed by atoms with Crippen LogP contribution in [0.2, 0.25) is 0 Å². The van der Waals surface area contributed by atoms with Gasteiger partial charge in [0.25, 0.3) is 0 Å². The van der Waals surface area contributed by atoms with E-state index in [0.29, 0.717) is 5.56 Å². The van der Waals surface area contributed by atoms with Crippen LogP contribution in [0.4, 0.5) is 0 Å². The van der Waals surface area contributed by atoms with Crippen LogP contribution in [0.25, 0.3) is 0 Å². The van der Waals surface area contributed by atoms with Gasteiger partial charge >= 0.3 is 5.97 Å². The van der Waals surface area contributed by atoms with E-state index in [4.69, 9.17) is 4.74 Å². The zero-order valence-electron chi connectivity index (χ0n) is 9.83. The molecule has 1 aliphatic heterocycles. The van der Waals surface area contributed by atoms with Gasteiger partial charge in [0.05, 0.1) is 6.42 Å². The number of aliphatic hydroxyl groups is 1. The van der Waals surface area contributed by atoms with Crippen molar-refractivity contribution in [3.8, 4) is 0 Å². The van der Waals surface area contributed by atoms with Gasteiger partial charge in [-0.15, -0.1) is 0 Å². The Morgan fingerprint density at radius 3 is 2.42 bits per heavy atom. The van der Waals surface area contributed by atoms with Crippen LogP contribution < -0.4 is 0 Å². The highest BCUT2D eigenvalue weighted by atomic mass is 16.6. The molecule has 2 atom stereocenters. The summed E-state index contributed by atoms with van der Waals surface area (Å²) in [6.45, 7) is 0. The summed E-state index contributed by atoms with van der Waals surface area (Å²) in [4.78, 5) is 35.3. The van der Waals surface area contributed by atoms with Gasteiger partial charge in [0.1, 0.15) is 6.10 Å². The molecule has 1 fully saturated rings. The summed E-state index contributed by atoms with van der Waals surface area (Å²) in [7, 11) is 0. The Balaban J connectivity index is 2.04. The predicted octanol–water partition coefficient (Wildman–Crippen LogP) is 0.668. The number of cyclic esters (lactones) is 1. The molecule has 2 aliphatic rings. The molecule has 1 N–H and O–H groups in total. The second-order valence-electron chi connectivity index (χ2n) is 4.52. The average molecular weight is 258 g/mol. The Kier molecular flexibility index (Phi) is 2.57. The van der Waals surface area contributed by atoms with Gasteiger partial charge in [-0.2, -0.15) is 0 Å². The summed E-state index contributed by atoms with van der Waals surface area (Å²) in [5.74, 6) is -1.27. The molecule has 19 heavy (non-hydrogen) atoms. The first-order chi connectivity index (χ1) is 9.08. The summed E-state index contributed by atoms with van der Waals surface area (Å²) < 4.78 is 4.92. The van der Waals surface area contributed by atoms with Crippen molar-refractivity contribution < 1.29 is 24.2 Å². The van der Waals surface area contributed by atoms with Crippen LogP contribution in [0.1, 0.15) is 27.1 Å². The fraction of sp³-hybridized carbons (Fsp3) is 0.214. The van der Waals surface area contributed by atoms with Crippen LogP contribution >= 0.6 is 0 Å². The lowest BCUT2D eigenvalue weighted by atomic mass is 9.86. The van der Waals surface area contributed by atoms with Crippen molar-refractivity contribution in [1.82, 2.24) is 0 Å². The molecule has 0 saturated carbocycles. The molecule has 0 radical (unpaired) electrons. The maximum Gasteiger partial charge on any atom is 0.309 e. The summed E-state index contributed by atoms with van der Waals surface area (Å²) >= 11 is 0. The van der Waals surface area contributed by atoms with E-state index < -0.39 is 18.2 Å². The minimum atomic E-state index is -1.08. The van der Waals surface area contributed by atoms with E-state index in [1.165, 1.54) is 0 Å². The molecule has 1 heterocycles.